The van der Waals surface area contributed by atoms with E-state index in [9.17, 15) is 14.0 Å². The van der Waals surface area contributed by atoms with Gasteiger partial charge in [-0.1, -0.05) is 0 Å². The molecule has 0 saturated heterocycles. The quantitative estimate of drug-likeness (QED) is 0.304. The number of rotatable bonds is 5. The van der Waals surface area contributed by atoms with E-state index in [2.05, 4.69) is 0 Å². The SMILES string of the molecule is Br.N=C(N)[Se]Cc1ccc(CN2C(=O)C(=O)c3cc(F)ccc32)cc1. The van der Waals surface area contributed by atoms with E-state index in [1.54, 1.807) is 0 Å². The Morgan fingerprint density at radius 2 is 1.76 bits per heavy atom. The van der Waals surface area contributed by atoms with Gasteiger partial charge >= 0.3 is 144 Å². The molecule has 0 aliphatic carbocycles. The summed E-state index contributed by atoms with van der Waals surface area (Å²) in [6, 6.07) is 11.4. The summed E-state index contributed by atoms with van der Waals surface area (Å²) in [4.78, 5) is 25.5. The van der Waals surface area contributed by atoms with E-state index in [1.165, 1.54) is 17.0 Å². The van der Waals surface area contributed by atoms with Gasteiger partial charge < -0.3 is 0 Å². The Labute approximate surface area is 160 Å². The van der Waals surface area contributed by atoms with Crippen molar-refractivity contribution in [3.63, 3.8) is 0 Å². The molecule has 0 saturated carbocycles. The van der Waals surface area contributed by atoms with Crippen molar-refractivity contribution in [2.24, 2.45) is 5.73 Å². The number of amides is 1. The van der Waals surface area contributed by atoms with Crippen LogP contribution in [0.2, 0.25) is 0 Å². The predicted molar refractivity (Wildman–Crippen MR) is 100 cm³/mol. The second-order valence-corrected chi connectivity index (χ2v) is 7.49. The fourth-order valence-electron chi connectivity index (χ4n) is 2.51. The summed E-state index contributed by atoms with van der Waals surface area (Å²) in [6.07, 6.45) is 0. The van der Waals surface area contributed by atoms with Gasteiger partial charge in [-0.05, 0) is 0 Å². The molecule has 0 spiro atoms. The zero-order chi connectivity index (χ0) is 17.3. The molecular weight excluding hydrogens is 456 g/mol. The number of nitrogens with one attached hydrogen (secondary N) is 1. The zero-order valence-corrected chi connectivity index (χ0v) is 16.4. The number of Topliss-reactive ketones (excluding diaryl/α,β-unsaturated/α-hetero) is 1. The molecular formula is C17H15BrFN3O2Se. The topological polar surface area (TPSA) is 87.2 Å². The van der Waals surface area contributed by atoms with Crippen LogP contribution in [0, 0.1) is 11.2 Å². The van der Waals surface area contributed by atoms with Gasteiger partial charge in [-0.15, -0.1) is 17.0 Å². The van der Waals surface area contributed by atoms with Crippen LogP contribution >= 0.6 is 17.0 Å². The Balaban J connectivity index is 0.00000225. The van der Waals surface area contributed by atoms with E-state index in [0.29, 0.717) is 5.69 Å². The molecule has 1 heterocycles. The van der Waals surface area contributed by atoms with Crippen molar-refractivity contribution in [2.45, 2.75) is 11.9 Å². The molecule has 8 heteroatoms. The van der Waals surface area contributed by atoms with E-state index in [-0.39, 0.29) is 48.8 Å². The first-order valence-electron chi connectivity index (χ1n) is 7.16. The van der Waals surface area contributed by atoms with Crippen molar-refractivity contribution in [1.29, 1.82) is 5.41 Å². The van der Waals surface area contributed by atoms with Gasteiger partial charge in [-0.2, -0.15) is 0 Å². The molecule has 2 aromatic rings. The van der Waals surface area contributed by atoms with Gasteiger partial charge in [0.05, 0.1) is 0 Å². The Hall–Kier alpha value is -2.02. The Morgan fingerprint density at radius 1 is 1.12 bits per heavy atom. The summed E-state index contributed by atoms with van der Waals surface area (Å²) in [5.41, 5.74) is 7.86. The van der Waals surface area contributed by atoms with Crippen molar-refractivity contribution >= 4 is 54.1 Å². The molecule has 0 bridgehead atoms. The summed E-state index contributed by atoms with van der Waals surface area (Å²) in [6.45, 7) is 0.251. The van der Waals surface area contributed by atoms with E-state index in [0.717, 1.165) is 22.5 Å². The number of halogens is 2. The second kappa shape index (κ2) is 7.91. The molecule has 0 atom stereocenters. The predicted octanol–water partition coefficient (Wildman–Crippen LogP) is 2.23. The fourth-order valence-corrected chi connectivity index (χ4v) is 3.59. The van der Waals surface area contributed by atoms with Gasteiger partial charge in [0.15, 0.2) is 0 Å². The van der Waals surface area contributed by atoms with Crippen LogP contribution in [0.5, 0.6) is 0 Å². The number of fused-ring (bicyclic) bond motifs is 1. The number of ketones is 1. The molecule has 5 nitrogen and oxygen atoms in total. The average Bonchev–Trinajstić information content (AvgIpc) is 2.79. The molecule has 25 heavy (non-hydrogen) atoms. The average molecular weight is 471 g/mol. The third kappa shape index (κ3) is 4.15. The Bertz CT molecular complexity index is 842. The van der Waals surface area contributed by atoms with Crippen LogP contribution in [-0.2, 0) is 16.7 Å². The minimum absolute atomic E-state index is 0. The number of carbonyl (C=O) groups is 2. The van der Waals surface area contributed by atoms with Crippen LogP contribution in [0.3, 0.4) is 0 Å². The van der Waals surface area contributed by atoms with Gasteiger partial charge in [0.2, 0.25) is 0 Å². The number of benzene rings is 2. The zero-order valence-electron chi connectivity index (χ0n) is 13.0. The Kier molecular flexibility index (Phi) is 6.11. The number of nitrogens with zero attached hydrogens (tertiary/aromatic N) is 1. The van der Waals surface area contributed by atoms with E-state index < -0.39 is 17.5 Å². The molecule has 0 unspecified atom stereocenters. The van der Waals surface area contributed by atoms with Crippen LogP contribution in [0.25, 0.3) is 0 Å². The first kappa shape index (κ1) is 19.3. The molecule has 1 aliphatic rings. The van der Waals surface area contributed by atoms with Crippen molar-refractivity contribution in [2.75, 3.05) is 4.90 Å². The van der Waals surface area contributed by atoms with Gasteiger partial charge in [0.1, 0.15) is 0 Å². The van der Waals surface area contributed by atoms with Crippen LogP contribution in [0.15, 0.2) is 42.5 Å². The monoisotopic (exact) mass is 471 g/mol. The molecule has 0 aromatic heterocycles. The first-order valence-corrected chi connectivity index (χ1v) is 9.23. The van der Waals surface area contributed by atoms with Crippen LogP contribution in [-0.4, -0.2) is 31.4 Å². The molecule has 130 valence electrons. The first-order chi connectivity index (χ1) is 11.5. The van der Waals surface area contributed by atoms with Crippen molar-refractivity contribution in [3.8, 4) is 0 Å². The summed E-state index contributed by atoms with van der Waals surface area (Å²) in [7, 11) is 0. The van der Waals surface area contributed by atoms with Crippen LogP contribution in [0.4, 0.5) is 10.1 Å². The van der Waals surface area contributed by atoms with Gasteiger partial charge in [0.25, 0.3) is 0 Å². The summed E-state index contributed by atoms with van der Waals surface area (Å²) in [5, 5.41) is 8.01. The number of anilines is 1. The van der Waals surface area contributed by atoms with E-state index in [1.807, 2.05) is 24.3 Å². The van der Waals surface area contributed by atoms with E-state index >= 15 is 0 Å². The summed E-state index contributed by atoms with van der Waals surface area (Å²) < 4.78 is 13.5. The number of hydrogen-bond donors (Lipinski definition) is 2. The molecule has 1 aliphatic heterocycles. The molecule has 3 N–H and O–H groups in total. The summed E-state index contributed by atoms with van der Waals surface area (Å²) in [5.74, 6) is -1.85. The maximum absolute atomic E-state index is 13.3. The van der Waals surface area contributed by atoms with Gasteiger partial charge in [-0.25, -0.2) is 0 Å². The van der Waals surface area contributed by atoms with E-state index in [4.69, 9.17) is 11.1 Å². The van der Waals surface area contributed by atoms with Crippen LogP contribution < -0.4 is 10.6 Å². The van der Waals surface area contributed by atoms with Crippen LogP contribution in [0.1, 0.15) is 21.5 Å². The molecule has 0 fully saturated rings. The van der Waals surface area contributed by atoms with Crippen molar-refractivity contribution in [3.05, 3.63) is 65.0 Å². The molecule has 2 aromatic carbocycles. The van der Waals surface area contributed by atoms with Gasteiger partial charge in [0, 0.05) is 0 Å². The van der Waals surface area contributed by atoms with Gasteiger partial charge in [-0.3, -0.25) is 0 Å². The standard InChI is InChI=1S/C17H14FN3O2Se.BrH/c18-12-5-6-14-13(7-12)15(22)16(23)21(14)8-10-1-3-11(4-2-10)9-24-17(19)20;/h1-7H,8-9H2,(H3,19,20);1H. The molecule has 3 rings (SSSR count). The third-order valence-corrected chi connectivity index (χ3v) is 5.35. The second-order valence-electron chi connectivity index (χ2n) is 5.35. The fraction of sp³-hybridized carbons (Fsp3) is 0.118. The molecule has 0 radical (unpaired) electrons. The Morgan fingerprint density at radius 3 is 2.40 bits per heavy atom. The van der Waals surface area contributed by atoms with Crippen molar-refractivity contribution < 1.29 is 14.0 Å². The number of carbonyl (C=O) groups excluding carboxylic acids is 2. The number of amidine groups is 1. The number of nitrogens with two attached hydrogens (primary N) is 1. The minimum atomic E-state index is -0.676. The molecule has 1 amide bonds. The normalized spacial score (nSPS) is 12.8. The summed E-state index contributed by atoms with van der Waals surface area (Å²) >= 11 is -0.0537. The number of hydrogen-bond acceptors (Lipinski definition) is 3. The van der Waals surface area contributed by atoms with Crippen molar-refractivity contribution in [1.82, 2.24) is 0 Å². The third-order valence-electron chi connectivity index (χ3n) is 3.69. The maximum atomic E-state index is 13.3.